The highest BCUT2D eigenvalue weighted by molar-refractivity contribution is 5.91. The molecule has 0 unspecified atom stereocenters. The molecule has 30 heavy (non-hydrogen) atoms. The van der Waals surface area contributed by atoms with E-state index in [0.29, 0.717) is 18.5 Å². The number of aliphatic hydroxyl groups excluding tert-OH is 1. The Morgan fingerprint density at radius 3 is 2.57 bits per heavy atom. The Labute approximate surface area is 172 Å². The van der Waals surface area contributed by atoms with E-state index < -0.39 is 35.9 Å². The molecule has 0 bridgehead atoms. The van der Waals surface area contributed by atoms with Crippen LogP contribution in [0.2, 0.25) is 0 Å². The molecule has 9 heteroatoms. The molecule has 0 aliphatic carbocycles. The van der Waals surface area contributed by atoms with Crippen LogP contribution in [-0.2, 0) is 9.53 Å². The van der Waals surface area contributed by atoms with Crippen molar-refractivity contribution in [2.24, 2.45) is 0 Å². The van der Waals surface area contributed by atoms with Crippen molar-refractivity contribution in [1.82, 2.24) is 5.32 Å². The monoisotopic (exact) mass is 419 g/mol. The third kappa shape index (κ3) is 5.98. The summed E-state index contributed by atoms with van der Waals surface area (Å²) in [5.41, 5.74) is 0.387. The molecule has 2 aromatic carbocycles. The third-order valence-electron chi connectivity index (χ3n) is 4.76. The lowest BCUT2D eigenvalue weighted by molar-refractivity contribution is -0.126. The van der Waals surface area contributed by atoms with Crippen molar-refractivity contribution in [3.05, 3.63) is 60.2 Å². The first kappa shape index (κ1) is 21.7. The van der Waals surface area contributed by atoms with E-state index in [-0.39, 0.29) is 24.6 Å². The predicted octanol–water partition coefficient (Wildman–Crippen LogP) is 3.02. The Kier molecular flexibility index (Phi) is 7.31. The minimum atomic E-state index is -0.769. The maximum atomic E-state index is 13.7. The summed E-state index contributed by atoms with van der Waals surface area (Å²) in [6.45, 7) is -0.365. The van der Waals surface area contributed by atoms with Crippen molar-refractivity contribution in [2.75, 3.05) is 17.2 Å². The normalized spacial score (nSPS) is 21.0. The number of anilines is 2. The van der Waals surface area contributed by atoms with Crippen molar-refractivity contribution >= 4 is 23.3 Å². The zero-order valence-corrected chi connectivity index (χ0v) is 16.1. The minimum absolute atomic E-state index is 0.110. The molecule has 0 aromatic heterocycles. The van der Waals surface area contributed by atoms with E-state index in [1.165, 1.54) is 0 Å². The lowest BCUT2D eigenvalue weighted by atomic mass is 9.97. The third-order valence-corrected chi connectivity index (χ3v) is 4.76. The molecule has 7 nitrogen and oxygen atoms in total. The summed E-state index contributed by atoms with van der Waals surface area (Å²) in [7, 11) is 0. The number of rotatable bonds is 6. The Morgan fingerprint density at radius 1 is 1.07 bits per heavy atom. The number of ether oxygens (including phenoxy) is 1. The number of amides is 3. The van der Waals surface area contributed by atoms with Crippen LogP contribution in [0.1, 0.15) is 19.3 Å². The van der Waals surface area contributed by atoms with Gasteiger partial charge in [-0.2, -0.15) is 0 Å². The molecule has 0 radical (unpaired) electrons. The number of para-hydroxylation sites is 1. The number of benzene rings is 2. The van der Waals surface area contributed by atoms with Gasteiger partial charge in [-0.1, -0.05) is 18.2 Å². The van der Waals surface area contributed by atoms with Crippen LogP contribution in [0.3, 0.4) is 0 Å². The van der Waals surface area contributed by atoms with Gasteiger partial charge in [-0.25, -0.2) is 13.6 Å². The maximum Gasteiger partial charge on any atom is 0.319 e. The highest BCUT2D eigenvalue weighted by Gasteiger charge is 2.33. The van der Waals surface area contributed by atoms with Gasteiger partial charge in [0.05, 0.1) is 30.9 Å². The largest absolute Gasteiger partial charge is 0.394 e. The van der Waals surface area contributed by atoms with Gasteiger partial charge < -0.3 is 25.8 Å². The summed E-state index contributed by atoms with van der Waals surface area (Å²) in [5, 5.41) is 17.3. The first-order chi connectivity index (χ1) is 14.4. The van der Waals surface area contributed by atoms with Gasteiger partial charge in [-0.3, -0.25) is 4.79 Å². The average Bonchev–Trinajstić information content (AvgIpc) is 2.72. The molecule has 1 aliphatic rings. The number of aliphatic hydroxyl groups is 1. The van der Waals surface area contributed by atoms with Gasteiger partial charge in [0.15, 0.2) is 0 Å². The highest BCUT2D eigenvalue weighted by atomic mass is 19.1. The second kappa shape index (κ2) is 10.1. The molecule has 2 aromatic rings. The maximum absolute atomic E-state index is 13.7. The fourth-order valence-electron chi connectivity index (χ4n) is 3.31. The number of nitrogens with one attached hydrogen (secondary N) is 3. The number of halogens is 2. The summed E-state index contributed by atoms with van der Waals surface area (Å²) in [5.74, 6) is -1.67. The smallest absolute Gasteiger partial charge is 0.319 e. The molecule has 0 spiro atoms. The van der Waals surface area contributed by atoms with E-state index >= 15 is 0 Å². The van der Waals surface area contributed by atoms with Gasteiger partial charge in [-0.15, -0.1) is 0 Å². The number of hydrogen-bond acceptors (Lipinski definition) is 4. The Bertz CT molecular complexity index is 882. The highest BCUT2D eigenvalue weighted by Crippen LogP contribution is 2.23. The lowest BCUT2D eigenvalue weighted by Gasteiger charge is -2.35. The molecule has 1 aliphatic heterocycles. The molecule has 1 heterocycles. The van der Waals surface area contributed by atoms with Gasteiger partial charge in [0.25, 0.3) is 0 Å². The summed E-state index contributed by atoms with van der Waals surface area (Å²) in [6.07, 6.45) is -0.0892. The summed E-state index contributed by atoms with van der Waals surface area (Å²) >= 11 is 0. The summed E-state index contributed by atoms with van der Waals surface area (Å²) < 4.78 is 32.7. The molecule has 3 amide bonds. The quantitative estimate of drug-likeness (QED) is 0.578. The molecule has 0 saturated carbocycles. The molecule has 160 valence electrons. The molecular formula is C21H23F2N3O4. The van der Waals surface area contributed by atoms with Crippen LogP contribution in [0, 0.1) is 11.6 Å². The van der Waals surface area contributed by atoms with Crippen LogP contribution in [0.25, 0.3) is 0 Å². The number of hydrogen-bond donors (Lipinski definition) is 4. The van der Waals surface area contributed by atoms with Crippen LogP contribution >= 0.6 is 0 Å². The van der Waals surface area contributed by atoms with E-state index in [0.717, 1.165) is 18.2 Å². The Balaban J connectivity index is 1.50. The van der Waals surface area contributed by atoms with E-state index in [1.54, 1.807) is 12.1 Å². The zero-order valence-electron chi connectivity index (χ0n) is 16.1. The fourth-order valence-corrected chi connectivity index (χ4v) is 3.31. The lowest BCUT2D eigenvalue weighted by Crippen LogP contribution is -2.52. The molecule has 3 atom stereocenters. The molecule has 3 rings (SSSR count). The standard InChI is InChI=1S/C21H23F2N3O4/c22-13-6-8-16(23)18(10-13)26-21(29)25-17-9-7-15(30-19(17)12-27)11-20(28)24-14-4-2-1-3-5-14/h1-6,8,10,15,17,19,27H,7,9,11-12H2,(H,24,28)(H2,25,26,29)/t15-,17+,19+/m1/s1. The van der Waals surface area contributed by atoms with Crippen molar-refractivity contribution < 1.29 is 28.2 Å². The van der Waals surface area contributed by atoms with E-state index in [1.807, 2.05) is 18.2 Å². The van der Waals surface area contributed by atoms with Crippen LogP contribution in [0.4, 0.5) is 25.0 Å². The van der Waals surface area contributed by atoms with Gasteiger partial charge in [0, 0.05) is 11.8 Å². The predicted molar refractivity (Wildman–Crippen MR) is 107 cm³/mol. The molecule has 1 saturated heterocycles. The van der Waals surface area contributed by atoms with Crippen LogP contribution < -0.4 is 16.0 Å². The van der Waals surface area contributed by atoms with Gasteiger partial charge in [0.1, 0.15) is 17.7 Å². The van der Waals surface area contributed by atoms with Crippen molar-refractivity contribution in [3.8, 4) is 0 Å². The minimum Gasteiger partial charge on any atom is -0.394 e. The van der Waals surface area contributed by atoms with E-state index in [9.17, 15) is 23.5 Å². The van der Waals surface area contributed by atoms with Gasteiger partial charge in [0.2, 0.25) is 5.91 Å². The van der Waals surface area contributed by atoms with Crippen LogP contribution in [0.15, 0.2) is 48.5 Å². The van der Waals surface area contributed by atoms with Gasteiger partial charge in [-0.05, 0) is 37.1 Å². The van der Waals surface area contributed by atoms with Crippen molar-refractivity contribution in [1.29, 1.82) is 0 Å². The molecule has 4 N–H and O–H groups in total. The number of urea groups is 1. The van der Waals surface area contributed by atoms with Crippen molar-refractivity contribution in [2.45, 2.75) is 37.5 Å². The van der Waals surface area contributed by atoms with Crippen LogP contribution in [-0.4, -0.2) is 41.9 Å². The number of carbonyl (C=O) groups excluding carboxylic acids is 2. The summed E-state index contributed by atoms with van der Waals surface area (Å²) in [4.78, 5) is 24.4. The SMILES string of the molecule is O=C(C[C@H]1CC[C@H](NC(=O)Nc2cc(F)ccc2F)[C@H](CO)O1)Nc1ccccc1. The second-order valence-electron chi connectivity index (χ2n) is 7.00. The molecule has 1 fully saturated rings. The Morgan fingerprint density at radius 2 is 1.83 bits per heavy atom. The Hall–Kier alpha value is -3.04. The zero-order chi connectivity index (χ0) is 21.5. The van der Waals surface area contributed by atoms with Crippen molar-refractivity contribution in [3.63, 3.8) is 0 Å². The fraction of sp³-hybridized carbons (Fsp3) is 0.333. The number of carbonyl (C=O) groups is 2. The van der Waals surface area contributed by atoms with Crippen LogP contribution in [0.5, 0.6) is 0 Å². The summed E-state index contributed by atoms with van der Waals surface area (Å²) in [6, 6.07) is 10.5. The average molecular weight is 419 g/mol. The first-order valence-corrected chi connectivity index (χ1v) is 9.58. The second-order valence-corrected chi connectivity index (χ2v) is 7.00. The molecular weight excluding hydrogens is 396 g/mol. The van der Waals surface area contributed by atoms with E-state index in [2.05, 4.69) is 16.0 Å². The first-order valence-electron chi connectivity index (χ1n) is 9.58. The van der Waals surface area contributed by atoms with Gasteiger partial charge >= 0.3 is 6.03 Å². The topological polar surface area (TPSA) is 99.7 Å². The van der Waals surface area contributed by atoms with E-state index in [4.69, 9.17) is 4.74 Å².